The van der Waals surface area contributed by atoms with Crippen molar-refractivity contribution in [2.45, 2.75) is 71.2 Å². The van der Waals surface area contributed by atoms with Gasteiger partial charge >= 0.3 is 0 Å². The second-order valence-corrected chi connectivity index (χ2v) is 9.18. The number of nitrogens with one attached hydrogen (secondary N) is 1. The van der Waals surface area contributed by atoms with Crippen molar-refractivity contribution in [3.8, 4) is 0 Å². The molecule has 0 radical (unpaired) electrons. The van der Waals surface area contributed by atoms with Crippen LogP contribution in [-0.4, -0.2) is 14.5 Å². The van der Waals surface area contributed by atoms with Gasteiger partial charge in [-0.2, -0.15) is 0 Å². The third-order valence-electron chi connectivity index (χ3n) is 4.46. The summed E-state index contributed by atoms with van der Waals surface area (Å²) in [4.78, 5) is 0.328. The van der Waals surface area contributed by atoms with Gasteiger partial charge in [-0.1, -0.05) is 53.7 Å². The lowest BCUT2D eigenvalue weighted by molar-refractivity contribution is 0.317. The van der Waals surface area contributed by atoms with Gasteiger partial charge < -0.3 is 0 Å². The molecule has 1 aromatic carbocycles. The molecule has 1 unspecified atom stereocenters. The maximum Gasteiger partial charge on any atom is 0.240 e. The second kappa shape index (κ2) is 6.09. The van der Waals surface area contributed by atoms with Crippen LogP contribution >= 0.6 is 0 Å². The standard InChI is InChI=1S/C17H29NO2S/c1-8-17(6,7)14-9-11-15(12-10-14)21(19,20)18-13(2)16(3,4)5/h9-13,18H,8H2,1-7H3. The van der Waals surface area contributed by atoms with Crippen molar-refractivity contribution in [3.63, 3.8) is 0 Å². The van der Waals surface area contributed by atoms with Gasteiger partial charge in [0, 0.05) is 6.04 Å². The fraction of sp³-hybridized carbons (Fsp3) is 0.647. The molecule has 3 nitrogen and oxygen atoms in total. The molecule has 4 heteroatoms. The molecule has 0 aliphatic carbocycles. The lowest BCUT2D eigenvalue weighted by atomic mass is 9.82. The SMILES string of the molecule is CCC(C)(C)c1ccc(S(=O)(=O)NC(C)C(C)(C)C)cc1. The predicted molar refractivity (Wildman–Crippen MR) is 89.0 cm³/mol. The minimum atomic E-state index is -3.46. The average Bonchev–Trinajstić information content (AvgIpc) is 2.37. The summed E-state index contributed by atoms with van der Waals surface area (Å²) < 4.78 is 27.6. The highest BCUT2D eigenvalue weighted by molar-refractivity contribution is 7.89. The van der Waals surface area contributed by atoms with Crippen LogP contribution in [0.2, 0.25) is 0 Å². The van der Waals surface area contributed by atoms with Gasteiger partial charge in [0.25, 0.3) is 0 Å². The third kappa shape index (κ3) is 4.55. The summed E-state index contributed by atoms with van der Waals surface area (Å²) in [6.45, 7) is 14.4. The van der Waals surface area contributed by atoms with Crippen LogP contribution in [0.3, 0.4) is 0 Å². The Morgan fingerprint density at radius 1 is 1.05 bits per heavy atom. The first-order valence-electron chi connectivity index (χ1n) is 7.53. The van der Waals surface area contributed by atoms with E-state index >= 15 is 0 Å². The molecule has 0 saturated heterocycles. The highest BCUT2D eigenvalue weighted by atomic mass is 32.2. The molecule has 0 heterocycles. The Balaban J connectivity index is 3.01. The molecule has 0 aliphatic heterocycles. The highest BCUT2D eigenvalue weighted by Gasteiger charge is 2.26. The zero-order valence-electron chi connectivity index (χ0n) is 14.3. The molecular formula is C17H29NO2S. The Kier molecular flexibility index (Phi) is 5.27. The predicted octanol–water partition coefficient (Wildman–Crippen LogP) is 4.09. The molecule has 1 rings (SSSR count). The molecule has 1 aromatic rings. The summed E-state index contributed by atoms with van der Waals surface area (Å²) in [5.41, 5.74) is 1.11. The van der Waals surface area contributed by atoms with Crippen molar-refractivity contribution in [2.75, 3.05) is 0 Å². The van der Waals surface area contributed by atoms with E-state index in [1.807, 2.05) is 39.8 Å². The Morgan fingerprint density at radius 2 is 1.52 bits per heavy atom. The molecule has 1 N–H and O–H groups in total. The van der Waals surface area contributed by atoms with E-state index in [1.54, 1.807) is 12.1 Å². The fourth-order valence-electron chi connectivity index (χ4n) is 1.77. The van der Waals surface area contributed by atoms with Gasteiger partial charge in [0.2, 0.25) is 10.0 Å². The van der Waals surface area contributed by atoms with Gasteiger partial charge in [-0.05, 0) is 41.9 Å². The van der Waals surface area contributed by atoms with Crippen molar-refractivity contribution in [1.29, 1.82) is 0 Å². The molecule has 0 aliphatic rings. The van der Waals surface area contributed by atoms with Gasteiger partial charge in [0.05, 0.1) is 4.90 Å². The largest absolute Gasteiger partial charge is 0.240 e. The Morgan fingerprint density at radius 3 is 1.90 bits per heavy atom. The number of benzene rings is 1. The van der Waals surface area contributed by atoms with Crippen molar-refractivity contribution >= 4 is 10.0 Å². The third-order valence-corrected chi connectivity index (χ3v) is 6.02. The first kappa shape index (κ1) is 18.2. The van der Waals surface area contributed by atoms with E-state index in [1.165, 1.54) is 0 Å². The van der Waals surface area contributed by atoms with Crippen molar-refractivity contribution in [2.24, 2.45) is 5.41 Å². The smallest absolute Gasteiger partial charge is 0.208 e. The van der Waals surface area contributed by atoms with Crippen LogP contribution in [0, 0.1) is 5.41 Å². The Bertz CT molecular complexity index is 566. The summed E-state index contributed by atoms with van der Waals surface area (Å²) >= 11 is 0. The fourth-order valence-corrected chi connectivity index (χ4v) is 3.22. The minimum Gasteiger partial charge on any atom is -0.208 e. The lowest BCUT2D eigenvalue weighted by Crippen LogP contribution is -2.41. The maximum absolute atomic E-state index is 12.4. The summed E-state index contributed by atoms with van der Waals surface area (Å²) in [5, 5.41) is 0. The van der Waals surface area contributed by atoms with Crippen molar-refractivity contribution in [3.05, 3.63) is 29.8 Å². The number of hydrogen-bond acceptors (Lipinski definition) is 2. The monoisotopic (exact) mass is 311 g/mol. The molecule has 120 valence electrons. The molecule has 0 aromatic heterocycles. The molecule has 1 atom stereocenters. The Labute approximate surface area is 130 Å². The molecule has 0 amide bonds. The van der Waals surface area contributed by atoms with Crippen LogP contribution in [0.5, 0.6) is 0 Å². The van der Waals surface area contributed by atoms with Crippen LogP contribution in [0.15, 0.2) is 29.2 Å². The van der Waals surface area contributed by atoms with Crippen LogP contribution in [0.1, 0.15) is 60.5 Å². The van der Waals surface area contributed by atoms with Crippen molar-refractivity contribution < 1.29 is 8.42 Å². The van der Waals surface area contributed by atoms with Gasteiger partial charge in [-0.3, -0.25) is 0 Å². The second-order valence-electron chi connectivity index (χ2n) is 7.47. The zero-order chi connectivity index (χ0) is 16.5. The molecule has 0 bridgehead atoms. The minimum absolute atomic E-state index is 0.0639. The van der Waals surface area contributed by atoms with E-state index in [0.717, 1.165) is 12.0 Å². The highest BCUT2D eigenvalue weighted by Crippen LogP contribution is 2.28. The van der Waals surface area contributed by atoms with Gasteiger partial charge in [-0.25, -0.2) is 13.1 Å². The molecule has 21 heavy (non-hydrogen) atoms. The van der Waals surface area contributed by atoms with E-state index in [-0.39, 0.29) is 16.9 Å². The van der Waals surface area contributed by atoms with Crippen LogP contribution in [0.4, 0.5) is 0 Å². The lowest BCUT2D eigenvalue weighted by Gasteiger charge is -2.28. The van der Waals surface area contributed by atoms with E-state index in [9.17, 15) is 8.42 Å². The van der Waals surface area contributed by atoms with E-state index in [0.29, 0.717) is 4.90 Å². The quantitative estimate of drug-likeness (QED) is 0.890. The van der Waals surface area contributed by atoms with Gasteiger partial charge in [0.15, 0.2) is 0 Å². The zero-order valence-corrected chi connectivity index (χ0v) is 15.1. The maximum atomic E-state index is 12.4. The van der Waals surface area contributed by atoms with E-state index < -0.39 is 10.0 Å². The molecule has 0 saturated carbocycles. The summed E-state index contributed by atoms with van der Waals surface area (Å²) in [5.74, 6) is 0. The molecule has 0 fully saturated rings. The summed E-state index contributed by atoms with van der Waals surface area (Å²) in [7, 11) is -3.46. The van der Waals surface area contributed by atoms with Gasteiger partial charge in [-0.15, -0.1) is 0 Å². The molecular weight excluding hydrogens is 282 g/mol. The van der Waals surface area contributed by atoms with Crippen molar-refractivity contribution in [1.82, 2.24) is 4.72 Å². The normalized spacial score (nSPS) is 15.0. The van der Waals surface area contributed by atoms with Gasteiger partial charge in [0.1, 0.15) is 0 Å². The summed E-state index contributed by atoms with van der Waals surface area (Å²) in [6, 6.07) is 7.10. The Hall–Kier alpha value is -0.870. The average molecular weight is 311 g/mol. The first-order valence-corrected chi connectivity index (χ1v) is 9.01. The first-order chi connectivity index (χ1) is 9.40. The number of rotatable bonds is 5. The van der Waals surface area contributed by atoms with E-state index in [4.69, 9.17) is 0 Å². The summed E-state index contributed by atoms with van der Waals surface area (Å²) in [6.07, 6.45) is 1.01. The van der Waals surface area contributed by atoms with Crippen LogP contribution < -0.4 is 4.72 Å². The van der Waals surface area contributed by atoms with Crippen LogP contribution in [0.25, 0.3) is 0 Å². The number of hydrogen-bond donors (Lipinski definition) is 1. The number of sulfonamides is 1. The molecule has 0 spiro atoms. The van der Waals surface area contributed by atoms with E-state index in [2.05, 4.69) is 25.5 Å². The topological polar surface area (TPSA) is 46.2 Å². The van der Waals surface area contributed by atoms with Crippen LogP contribution in [-0.2, 0) is 15.4 Å².